The van der Waals surface area contributed by atoms with Gasteiger partial charge in [0, 0.05) is 0 Å². The van der Waals surface area contributed by atoms with Crippen LogP contribution in [0.2, 0.25) is 0 Å². The maximum atomic E-state index is 12.2. The molecule has 18 nitrogen and oxygen atoms in total. The number of nitrogens with zero attached hydrogens (tertiary/aromatic N) is 4. The molecule has 4 rings (SSSR count). The van der Waals surface area contributed by atoms with Gasteiger partial charge in [0.15, 0.2) is 24.0 Å². The molecule has 0 radical (unpaired) electrons. The van der Waals surface area contributed by atoms with Gasteiger partial charge in [-0.15, -0.1) is 0 Å². The molecule has 0 aromatic carbocycles. The average molecular weight is 541 g/mol. The van der Waals surface area contributed by atoms with Crippen LogP contribution in [0, 0.1) is 0 Å². The minimum atomic E-state index is -4.88. The quantitative estimate of drug-likeness (QED) is 0.135. The van der Waals surface area contributed by atoms with E-state index in [4.69, 9.17) is 24.0 Å². The highest BCUT2D eigenvalue weighted by Gasteiger charge is 2.58. The molecule has 0 saturated carbocycles. The first-order chi connectivity index (χ1) is 16.4. The molecule has 0 spiro atoms. The Kier molecular flexibility index (Phi) is 7.36. The lowest BCUT2D eigenvalue weighted by Gasteiger charge is -2.22. The van der Waals surface area contributed by atoms with Crippen molar-refractivity contribution in [2.24, 2.45) is 0 Å². The zero-order chi connectivity index (χ0) is 25.5. The summed E-state index contributed by atoms with van der Waals surface area (Å²) in [6.07, 6.45) is -8.14. The molecule has 20 heteroatoms. The van der Waals surface area contributed by atoms with Crippen molar-refractivity contribution in [1.29, 1.82) is 0 Å². The molecule has 2 unspecified atom stereocenters. The number of hydrogen-bond acceptors (Lipinski definition) is 15. The molecule has 0 bridgehead atoms. The van der Waals surface area contributed by atoms with Crippen LogP contribution in [0.15, 0.2) is 12.7 Å². The van der Waals surface area contributed by atoms with Crippen LogP contribution in [0.3, 0.4) is 0 Å². The molecule has 4 heterocycles. The summed E-state index contributed by atoms with van der Waals surface area (Å²) in [4.78, 5) is 42.1. The van der Waals surface area contributed by atoms with Crippen LogP contribution in [-0.4, -0.2) is 101 Å². The van der Waals surface area contributed by atoms with Gasteiger partial charge in [-0.05, 0) is 0 Å². The van der Waals surface area contributed by atoms with Crippen LogP contribution < -0.4 is 5.73 Å². The number of aliphatic hydroxyl groups excluding tert-OH is 3. The smallest absolute Gasteiger partial charge is 0.388 e. The summed E-state index contributed by atoms with van der Waals surface area (Å²) >= 11 is 0. The summed E-state index contributed by atoms with van der Waals surface area (Å²) in [6, 6.07) is 0. The summed E-state index contributed by atoms with van der Waals surface area (Å²) in [5.74, 6) is 0.0749. The maximum Gasteiger partial charge on any atom is 0.473 e. The predicted octanol–water partition coefficient (Wildman–Crippen LogP) is -2.39. The van der Waals surface area contributed by atoms with Crippen molar-refractivity contribution >= 4 is 38.9 Å². The number of nitrogen functional groups attached to an aromatic ring is 1. The first-order valence-corrected chi connectivity index (χ1v) is 12.8. The number of carbonyl (C=O) groups excluding carboxylic acids is 1. The number of fused-ring (bicyclic) bond motifs is 2. The Labute approximate surface area is 195 Å². The van der Waals surface area contributed by atoms with Gasteiger partial charge < -0.3 is 40.4 Å². The Morgan fingerprint density at radius 2 is 1.94 bits per heavy atom. The molecule has 194 valence electrons. The number of imidazole rings is 1. The van der Waals surface area contributed by atoms with E-state index in [0.29, 0.717) is 0 Å². The van der Waals surface area contributed by atoms with Gasteiger partial charge in [-0.2, -0.15) is 0 Å². The molecule has 2 saturated heterocycles. The van der Waals surface area contributed by atoms with Crippen molar-refractivity contribution in [1.82, 2.24) is 19.5 Å². The molecule has 0 aliphatic carbocycles. The zero-order valence-corrected chi connectivity index (χ0v) is 19.2. The van der Waals surface area contributed by atoms with Crippen LogP contribution in [0.4, 0.5) is 5.82 Å². The number of aliphatic hydroxyl groups is 3. The van der Waals surface area contributed by atoms with Crippen molar-refractivity contribution in [3.05, 3.63) is 12.7 Å². The van der Waals surface area contributed by atoms with Crippen LogP contribution in [-0.2, 0) is 36.8 Å². The Bertz CT molecular complexity index is 1180. The standard InChI is InChI=1S/C15H21N5O13P2/c16-13-9-14(18-4-17-13)20(5-19-9)15-12-11(32-35(27,28)33-12)8(31-15)3-30-34(25,26)29-2-7(23)10(24)6(22)1-21/h1,4-8,10-12,15,22-24H,2-3H2,(H,25,26)(H,27,28)(H2,16,17,18)/t6-,7+,8+,10-,11+,12+,15+/m0/s1. The van der Waals surface area contributed by atoms with Gasteiger partial charge in [-0.25, -0.2) is 24.1 Å². The lowest BCUT2D eigenvalue weighted by Crippen LogP contribution is -2.40. The maximum absolute atomic E-state index is 12.2. The van der Waals surface area contributed by atoms with Crippen molar-refractivity contribution in [2.75, 3.05) is 18.9 Å². The monoisotopic (exact) mass is 541 g/mol. The Morgan fingerprint density at radius 3 is 2.66 bits per heavy atom. The number of aromatic nitrogens is 4. The number of rotatable bonds is 10. The number of carbonyl (C=O) groups is 1. The van der Waals surface area contributed by atoms with E-state index in [1.54, 1.807) is 0 Å². The van der Waals surface area contributed by atoms with Crippen molar-refractivity contribution in [2.45, 2.75) is 42.9 Å². The number of phosphoric acid groups is 2. The first kappa shape index (κ1) is 26.2. The molecule has 2 aromatic heterocycles. The van der Waals surface area contributed by atoms with Crippen LogP contribution in [0.1, 0.15) is 6.23 Å². The summed E-state index contributed by atoms with van der Waals surface area (Å²) in [5.41, 5.74) is 6.21. The van der Waals surface area contributed by atoms with Gasteiger partial charge >= 0.3 is 15.6 Å². The SMILES string of the molecule is Nc1ncnc2c1ncn2[C@@H]1O[C@H](COP(=O)(O)OC[C@@H](O)[C@@H](O)[C@@H](O)C=O)[C@H]2OP(=O)(O)O[C@H]21. The second-order valence-corrected chi connectivity index (χ2v) is 10.3. The molecule has 35 heavy (non-hydrogen) atoms. The number of anilines is 1. The molecule has 2 aromatic rings. The lowest BCUT2D eigenvalue weighted by molar-refractivity contribution is -0.127. The molecule has 7 N–H and O–H groups in total. The molecule has 2 aliphatic heterocycles. The molecular weight excluding hydrogens is 520 g/mol. The number of phosphoric ester groups is 2. The van der Waals surface area contributed by atoms with Gasteiger partial charge in [0.2, 0.25) is 0 Å². The normalized spacial score (nSPS) is 32.7. The van der Waals surface area contributed by atoms with Gasteiger partial charge in [0.25, 0.3) is 0 Å². The second-order valence-electron chi connectivity index (χ2n) is 7.50. The molecule has 9 atom stereocenters. The zero-order valence-electron chi connectivity index (χ0n) is 17.5. The first-order valence-electron chi connectivity index (χ1n) is 9.82. The molecule has 2 aliphatic rings. The number of nitrogens with two attached hydrogens (primary N) is 1. The Balaban J connectivity index is 1.45. The van der Waals surface area contributed by atoms with E-state index in [0.717, 1.165) is 0 Å². The summed E-state index contributed by atoms with van der Waals surface area (Å²) in [5, 5.41) is 28.3. The fourth-order valence-corrected chi connectivity index (χ4v) is 5.37. The highest BCUT2D eigenvalue weighted by Crippen LogP contribution is 2.59. The van der Waals surface area contributed by atoms with E-state index in [1.165, 1.54) is 17.2 Å². The second kappa shape index (κ2) is 9.85. The largest absolute Gasteiger partial charge is 0.473 e. The number of aldehydes is 1. The van der Waals surface area contributed by atoms with E-state index in [-0.39, 0.29) is 23.3 Å². The van der Waals surface area contributed by atoms with Crippen molar-refractivity contribution in [3.8, 4) is 0 Å². The van der Waals surface area contributed by atoms with E-state index < -0.39 is 71.7 Å². The van der Waals surface area contributed by atoms with Crippen LogP contribution >= 0.6 is 15.6 Å². The molecular formula is C15H21N5O13P2. The summed E-state index contributed by atoms with van der Waals surface area (Å²) in [6.45, 7) is -1.68. The topological polar surface area (TPSA) is 268 Å². The third kappa shape index (κ3) is 5.43. The van der Waals surface area contributed by atoms with Crippen LogP contribution in [0.5, 0.6) is 0 Å². The van der Waals surface area contributed by atoms with E-state index in [9.17, 15) is 39.0 Å². The molecule has 2 fully saturated rings. The third-order valence-corrected chi connectivity index (χ3v) is 7.12. The van der Waals surface area contributed by atoms with E-state index >= 15 is 0 Å². The van der Waals surface area contributed by atoms with Crippen molar-refractivity contribution in [3.63, 3.8) is 0 Å². The highest BCUT2D eigenvalue weighted by atomic mass is 31.2. The fraction of sp³-hybridized carbons (Fsp3) is 0.600. The van der Waals surface area contributed by atoms with Crippen molar-refractivity contribution < 1.29 is 61.9 Å². The summed E-state index contributed by atoms with van der Waals surface area (Å²) < 4.78 is 50.9. The lowest BCUT2D eigenvalue weighted by atomic mass is 10.1. The fourth-order valence-electron chi connectivity index (χ4n) is 3.48. The predicted molar refractivity (Wildman–Crippen MR) is 109 cm³/mol. The van der Waals surface area contributed by atoms with Gasteiger partial charge in [-0.3, -0.25) is 22.7 Å². The van der Waals surface area contributed by atoms with E-state index in [1.807, 2.05) is 0 Å². The summed E-state index contributed by atoms with van der Waals surface area (Å²) in [7, 11) is -9.36. The van der Waals surface area contributed by atoms with E-state index in [2.05, 4.69) is 19.5 Å². The Morgan fingerprint density at radius 1 is 1.23 bits per heavy atom. The van der Waals surface area contributed by atoms with Gasteiger partial charge in [0.05, 0.1) is 19.5 Å². The minimum Gasteiger partial charge on any atom is -0.388 e. The number of hydrogen-bond donors (Lipinski definition) is 6. The van der Waals surface area contributed by atoms with Gasteiger partial charge in [0.1, 0.15) is 48.5 Å². The van der Waals surface area contributed by atoms with Gasteiger partial charge in [-0.1, -0.05) is 0 Å². The molecule has 0 amide bonds. The average Bonchev–Trinajstić information content (AvgIpc) is 3.46. The van der Waals surface area contributed by atoms with Crippen LogP contribution in [0.25, 0.3) is 11.2 Å². The number of ether oxygens (including phenoxy) is 1. The minimum absolute atomic E-state index is 0.0411. The third-order valence-electron chi connectivity index (χ3n) is 5.15. The highest BCUT2D eigenvalue weighted by molar-refractivity contribution is 7.47. The Hall–Kier alpha value is -1.92.